The molecule has 0 spiro atoms. The minimum Gasteiger partial charge on any atom is -0.489 e. The Morgan fingerprint density at radius 3 is 2.52 bits per heavy atom. The van der Waals surface area contributed by atoms with Gasteiger partial charge in [-0.3, -0.25) is 0 Å². The van der Waals surface area contributed by atoms with Gasteiger partial charge in [-0.25, -0.2) is 0 Å². The third-order valence-electron chi connectivity index (χ3n) is 6.36. The summed E-state index contributed by atoms with van der Waals surface area (Å²) in [7, 11) is 0. The highest BCUT2D eigenvalue weighted by molar-refractivity contribution is 5.49. The molecular formula is C27H34O6. The van der Waals surface area contributed by atoms with Crippen molar-refractivity contribution in [1.29, 1.82) is 0 Å². The number of carbonyl (C=O) groups excluding carboxylic acids is 1. The minimum atomic E-state index is -0.845. The number of ether oxygens (including phenoxy) is 2. The molecule has 0 aromatic heterocycles. The first kappa shape index (κ1) is 25.0. The van der Waals surface area contributed by atoms with Crippen molar-refractivity contribution < 1.29 is 29.6 Å². The van der Waals surface area contributed by atoms with Crippen molar-refractivity contribution in [3.8, 4) is 11.5 Å². The molecule has 2 aliphatic rings. The van der Waals surface area contributed by atoms with Gasteiger partial charge in [0.25, 0.3) is 0 Å². The van der Waals surface area contributed by atoms with Crippen LogP contribution in [0.5, 0.6) is 11.5 Å². The van der Waals surface area contributed by atoms with Gasteiger partial charge in [0.05, 0.1) is 12.2 Å². The van der Waals surface area contributed by atoms with E-state index < -0.39 is 23.9 Å². The van der Waals surface area contributed by atoms with E-state index in [1.807, 2.05) is 75.2 Å². The van der Waals surface area contributed by atoms with E-state index in [9.17, 15) is 15.3 Å². The SMILES string of the molecule is C=O.CC(O)Cc1cccc2c1O[C@H]1C[C@@H](O)[C@H](/C=C/[C@@H](O)C(C)(C)Oc3ccccc3)[C@@H]21. The summed E-state index contributed by atoms with van der Waals surface area (Å²) in [6, 6.07) is 15.5. The van der Waals surface area contributed by atoms with Crippen LogP contribution >= 0.6 is 0 Å². The molecule has 0 radical (unpaired) electrons. The molecule has 2 aromatic rings. The molecule has 2 aromatic carbocycles. The van der Waals surface area contributed by atoms with Crippen molar-refractivity contribution in [2.24, 2.45) is 5.92 Å². The molecule has 0 bridgehead atoms. The molecule has 1 aliphatic heterocycles. The highest BCUT2D eigenvalue weighted by atomic mass is 16.5. The largest absolute Gasteiger partial charge is 0.489 e. The molecule has 6 heteroatoms. The van der Waals surface area contributed by atoms with Crippen LogP contribution in [0.1, 0.15) is 44.2 Å². The van der Waals surface area contributed by atoms with Crippen LogP contribution in [0.2, 0.25) is 0 Å². The zero-order chi connectivity index (χ0) is 24.2. The summed E-state index contributed by atoms with van der Waals surface area (Å²) in [4.78, 5) is 8.00. The number of hydrogen-bond donors (Lipinski definition) is 3. The maximum atomic E-state index is 10.8. The number of hydrogen-bond acceptors (Lipinski definition) is 6. The fourth-order valence-electron chi connectivity index (χ4n) is 4.77. The topological polar surface area (TPSA) is 96.2 Å². The van der Waals surface area contributed by atoms with Crippen LogP contribution in [0.25, 0.3) is 0 Å². The third kappa shape index (κ3) is 5.46. The maximum Gasteiger partial charge on any atom is 0.133 e. The Labute approximate surface area is 195 Å². The molecule has 178 valence electrons. The number of aliphatic hydroxyl groups is 3. The van der Waals surface area contributed by atoms with Gasteiger partial charge in [-0.1, -0.05) is 48.6 Å². The number of rotatable bonds is 7. The number of carbonyl (C=O) groups is 1. The van der Waals surface area contributed by atoms with E-state index in [0.29, 0.717) is 18.6 Å². The molecule has 4 rings (SSSR count). The van der Waals surface area contributed by atoms with Crippen molar-refractivity contribution in [3.63, 3.8) is 0 Å². The molecular weight excluding hydrogens is 420 g/mol. The minimum absolute atomic E-state index is 0.0283. The third-order valence-corrected chi connectivity index (χ3v) is 6.36. The molecule has 6 atom stereocenters. The number of para-hydroxylation sites is 2. The van der Waals surface area contributed by atoms with Crippen LogP contribution in [0.15, 0.2) is 60.7 Å². The Morgan fingerprint density at radius 2 is 1.85 bits per heavy atom. The fourth-order valence-corrected chi connectivity index (χ4v) is 4.77. The highest BCUT2D eigenvalue weighted by Gasteiger charge is 2.49. The summed E-state index contributed by atoms with van der Waals surface area (Å²) in [5.74, 6) is 1.41. The molecule has 33 heavy (non-hydrogen) atoms. The average Bonchev–Trinajstić information content (AvgIpc) is 3.29. The van der Waals surface area contributed by atoms with Gasteiger partial charge in [0.15, 0.2) is 0 Å². The van der Waals surface area contributed by atoms with Crippen LogP contribution in [0.4, 0.5) is 0 Å². The Balaban J connectivity index is 0.00000149. The highest BCUT2D eigenvalue weighted by Crippen LogP contribution is 2.52. The van der Waals surface area contributed by atoms with Gasteiger partial charge in [-0.05, 0) is 38.5 Å². The lowest BCUT2D eigenvalue weighted by atomic mass is 9.86. The zero-order valence-electron chi connectivity index (χ0n) is 19.4. The second-order valence-electron chi connectivity index (χ2n) is 9.30. The van der Waals surface area contributed by atoms with Gasteiger partial charge < -0.3 is 29.6 Å². The van der Waals surface area contributed by atoms with Gasteiger partial charge in [0.2, 0.25) is 0 Å². The number of benzene rings is 2. The maximum absolute atomic E-state index is 10.8. The standard InChI is InChI=1S/C26H32O5.CH2O/c1-16(27)14-17-8-7-11-20-24-19(21(28)15-22(24)30-25(17)20)12-13-23(29)26(2,3)31-18-9-5-4-6-10-18;1-2/h4-13,16,19,21-24,27-29H,14-15H2,1-3H3;1H2/b13-12+;/t16?,19-,21+,22-,23+,24-;/m0./s1. The first-order valence-corrected chi connectivity index (χ1v) is 11.3. The Hall–Kier alpha value is -2.67. The van der Waals surface area contributed by atoms with Crippen molar-refractivity contribution >= 4 is 6.79 Å². The van der Waals surface area contributed by atoms with Crippen molar-refractivity contribution in [1.82, 2.24) is 0 Å². The lowest BCUT2D eigenvalue weighted by molar-refractivity contribution is -0.0980. The lowest BCUT2D eigenvalue weighted by Crippen LogP contribution is -2.41. The van der Waals surface area contributed by atoms with E-state index >= 15 is 0 Å². The summed E-state index contributed by atoms with van der Waals surface area (Å²) in [5, 5.41) is 31.3. The molecule has 1 fully saturated rings. The van der Waals surface area contributed by atoms with Gasteiger partial charge in [0.1, 0.15) is 36.1 Å². The number of aliphatic hydroxyl groups excluding tert-OH is 3. The average molecular weight is 455 g/mol. The van der Waals surface area contributed by atoms with E-state index in [0.717, 1.165) is 16.9 Å². The first-order chi connectivity index (χ1) is 15.8. The van der Waals surface area contributed by atoms with E-state index in [-0.39, 0.29) is 17.9 Å². The second-order valence-corrected chi connectivity index (χ2v) is 9.30. The molecule has 1 unspecified atom stereocenters. The normalized spacial score (nSPS) is 25.4. The van der Waals surface area contributed by atoms with Crippen molar-refractivity contribution in [2.45, 2.75) is 69.5 Å². The van der Waals surface area contributed by atoms with Crippen LogP contribution in [-0.4, -0.2) is 52.1 Å². The molecule has 1 saturated carbocycles. The van der Waals surface area contributed by atoms with Gasteiger partial charge in [0, 0.05) is 30.2 Å². The summed E-state index contributed by atoms with van der Waals surface area (Å²) in [5.41, 5.74) is 1.25. The number of fused-ring (bicyclic) bond motifs is 3. The predicted molar refractivity (Wildman–Crippen MR) is 127 cm³/mol. The van der Waals surface area contributed by atoms with E-state index in [1.165, 1.54) is 0 Å². The summed E-state index contributed by atoms with van der Waals surface area (Å²) in [6.07, 6.45) is 2.80. The quantitative estimate of drug-likeness (QED) is 0.555. The predicted octanol–water partition coefficient (Wildman–Crippen LogP) is 3.43. The van der Waals surface area contributed by atoms with Crippen LogP contribution in [0, 0.1) is 5.92 Å². The van der Waals surface area contributed by atoms with Crippen molar-refractivity contribution in [3.05, 3.63) is 71.8 Å². The van der Waals surface area contributed by atoms with Crippen LogP contribution in [0.3, 0.4) is 0 Å². The second kappa shape index (κ2) is 10.5. The molecule has 0 saturated heterocycles. The Bertz CT molecular complexity index is 939. The molecule has 0 amide bonds. The smallest absolute Gasteiger partial charge is 0.133 e. The Kier molecular flexibility index (Phi) is 7.95. The van der Waals surface area contributed by atoms with E-state index in [1.54, 1.807) is 13.0 Å². The van der Waals surface area contributed by atoms with E-state index in [2.05, 4.69) is 0 Å². The summed E-state index contributed by atoms with van der Waals surface area (Å²) in [6.45, 7) is 7.46. The molecule has 6 nitrogen and oxygen atoms in total. The monoisotopic (exact) mass is 454 g/mol. The van der Waals surface area contributed by atoms with Gasteiger partial charge in [-0.15, -0.1) is 0 Å². The summed E-state index contributed by atoms with van der Waals surface area (Å²) >= 11 is 0. The lowest BCUT2D eigenvalue weighted by Gasteiger charge is -2.30. The molecule has 3 N–H and O–H groups in total. The van der Waals surface area contributed by atoms with Crippen LogP contribution < -0.4 is 9.47 Å². The zero-order valence-corrected chi connectivity index (χ0v) is 19.4. The van der Waals surface area contributed by atoms with Crippen molar-refractivity contribution in [2.75, 3.05) is 0 Å². The van der Waals surface area contributed by atoms with E-state index in [4.69, 9.17) is 14.3 Å². The van der Waals surface area contributed by atoms with Crippen LogP contribution in [-0.2, 0) is 11.2 Å². The van der Waals surface area contributed by atoms with Gasteiger partial charge in [-0.2, -0.15) is 0 Å². The van der Waals surface area contributed by atoms with Gasteiger partial charge >= 0.3 is 0 Å². The first-order valence-electron chi connectivity index (χ1n) is 11.3. The summed E-state index contributed by atoms with van der Waals surface area (Å²) < 4.78 is 12.2. The molecule has 1 aliphatic carbocycles. The molecule has 1 heterocycles. The Morgan fingerprint density at radius 1 is 1.15 bits per heavy atom. The fraction of sp³-hybridized carbons (Fsp3) is 0.444.